The lowest BCUT2D eigenvalue weighted by Gasteiger charge is -2.17. The number of nitrogens with zero attached hydrogens (tertiary/aromatic N) is 1. The van der Waals surface area contributed by atoms with E-state index in [0.29, 0.717) is 6.54 Å². The molecule has 0 aromatic heterocycles. The quantitative estimate of drug-likeness (QED) is 0.796. The van der Waals surface area contributed by atoms with Crippen LogP contribution in [0.5, 0.6) is 0 Å². The van der Waals surface area contributed by atoms with Gasteiger partial charge < -0.3 is 10.0 Å². The van der Waals surface area contributed by atoms with Crippen LogP contribution in [0.2, 0.25) is 0 Å². The van der Waals surface area contributed by atoms with Crippen LogP contribution in [0.25, 0.3) is 0 Å². The minimum absolute atomic E-state index is 0.281. The van der Waals surface area contributed by atoms with Crippen LogP contribution in [-0.2, 0) is 4.79 Å². The molecule has 0 unspecified atom stereocenters. The summed E-state index contributed by atoms with van der Waals surface area (Å²) in [5, 5.41) is 8.66. The van der Waals surface area contributed by atoms with E-state index in [1.807, 2.05) is 0 Å². The molecule has 0 spiro atoms. The highest BCUT2D eigenvalue weighted by Crippen LogP contribution is 2.13. The number of carboxylic acids is 1. The van der Waals surface area contributed by atoms with Gasteiger partial charge in [0.1, 0.15) is 5.82 Å². The smallest absolute Gasteiger partial charge is 0.331 e. The van der Waals surface area contributed by atoms with Crippen molar-refractivity contribution in [1.82, 2.24) is 0 Å². The largest absolute Gasteiger partial charge is 0.478 e. The molecule has 0 saturated heterocycles. The van der Waals surface area contributed by atoms with E-state index in [1.165, 1.54) is 19.1 Å². The number of hydrogen-bond donors (Lipinski definition) is 1. The molecule has 4 heteroatoms. The third-order valence-corrected chi connectivity index (χ3v) is 2.26. The number of carboxylic acid groups (broad SMARTS) is 1. The molecule has 1 aromatic carbocycles. The Labute approximate surface area is 93.8 Å². The summed E-state index contributed by atoms with van der Waals surface area (Å²) in [5.41, 5.74) is 0.998. The second kappa shape index (κ2) is 5.30. The first kappa shape index (κ1) is 12.2. The van der Waals surface area contributed by atoms with Crippen LogP contribution in [0.1, 0.15) is 6.92 Å². The van der Waals surface area contributed by atoms with Crippen molar-refractivity contribution in [3.63, 3.8) is 0 Å². The van der Waals surface area contributed by atoms with Crippen molar-refractivity contribution in [2.75, 3.05) is 18.5 Å². The van der Waals surface area contributed by atoms with Gasteiger partial charge in [0.2, 0.25) is 0 Å². The Morgan fingerprint density at radius 1 is 1.56 bits per heavy atom. The van der Waals surface area contributed by atoms with E-state index in [0.717, 1.165) is 5.69 Å². The molecule has 0 atom stereocenters. The van der Waals surface area contributed by atoms with Crippen LogP contribution in [0.3, 0.4) is 0 Å². The minimum Gasteiger partial charge on any atom is -0.478 e. The van der Waals surface area contributed by atoms with Gasteiger partial charge in [-0.1, -0.05) is 12.1 Å². The Kier molecular flexibility index (Phi) is 4.05. The highest BCUT2D eigenvalue weighted by atomic mass is 19.1. The summed E-state index contributed by atoms with van der Waals surface area (Å²) in [7, 11) is 1.78. The van der Waals surface area contributed by atoms with Gasteiger partial charge in [0.05, 0.1) is 0 Å². The summed E-state index contributed by atoms with van der Waals surface area (Å²) >= 11 is 0. The Bertz CT molecular complexity index is 415. The molecule has 0 aliphatic rings. The molecule has 0 bridgehead atoms. The number of anilines is 1. The van der Waals surface area contributed by atoms with Gasteiger partial charge in [0.15, 0.2) is 0 Å². The molecule has 1 rings (SSSR count). The molecule has 0 amide bonds. The van der Waals surface area contributed by atoms with Crippen molar-refractivity contribution in [3.8, 4) is 0 Å². The maximum Gasteiger partial charge on any atom is 0.331 e. The SMILES string of the molecule is CC(=CCN(C)c1cccc(F)c1)C(=O)O. The molecule has 0 saturated carbocycles. The summed E-state index contributed by atoms with van der Waals surface area (Å²) in [4.78, 5) is 12.3. The van der Waals surface area contributed by atoms with Crippen molar-refractivity contribution >= 4 is 11.7 Å². The van der Waals surface area contributed by atoms with E-state index in [9.17, 15) is 9.18 Å². The van der Waals surface area contributed by atoms with Crippen LogP contribution in [0.15, 0.2) is 35.9 Å². The fraction of sp³-hybridized carbons (Fsp3) is 0.250. The van der Waals surface area contributed by atoms with Crippen LogP contribution in [-0.4, -0.2) is 24.7 Å². The molecule has 0 radical (unpaired) electrons. The van der Waals surface area contributed by atoms with E-state index in [-0.39, 0.29) is 11.4 Å². The zero-order chi connectivity index (χ0) is 12.1. The molecule has 3 nitrogen and oxygen atoms in total. The molecular formula is C12H14FNO2. The van der Waals surface area contributed by atoms with Crippen molar-refractivity contribution in [2.45, 2.75) is 6.92 Å². The highest BCUT2D eigenvalue weighted by Gasteiger charge is 2.02. The lowest BCUT2D eigenvalue weighted by atomic mass is 10.2. The second-order valence-electron chi connectivity index (χ2n) is 3.55. The molecule has 0 aliphatic heterocycles. The summed E-state index contributed by atoms with van der Waals surface area (Å²) < 4.78 is 12.9. The molecule has 16 heavy (non-hydrogen) atoms. The second-order valence-corrected chi connectivity index (χ2v) is 3.55. The highest BCUT2D eigenvalue weighted by molar-refractivity contribution is 5.85. The summed E-state index contributed by atoms with van der Waals surface area (Å²) in [6.45, 7) is 1.96. The first-order valence-corrected chi connectivity index (χ1v) is 4.87. The molecule has 86 valence electrons. The van der Waals surface area contributed by atoms with E-state index in [2.05, 4.69) is 0 Å². The third-order valence-electron chi connectivity index (χ3n) is 2.26. The van der Waals surface area contributed by atoms with Gasteiger partial charge in [0.25, 0.3) is 0 Å². The number of likely N-dealkylation sites (N-methyl/N-ethyl adjacent to an activating group) is 1. The molecule has 1 N–H and O–H groups in total. The van der Waals surface area contributed by atoms with E-state index in [4.69, 9.17) is 5.11 Å². The van der Waals surface area contributed by atoms with Crippen molar-refractivity contribution < 1.29 is 14.3 Å². The lowest BCUT2D eigenvalue weighted by Crippen LogP contribution is -2.17. The Morgan fingerprint density at radius 3 is 2.81 bits per heavy atom. The zero-order valence-electron chi connectivity index (χ0n) is 9.27. The number of aliphatic carboxylic acids is 1. The maximum atomic E-state index is 12.9. The van der Waals surface area contributed by atoms with Crippen LogP contribution in [0.4, 0.5) is 10.1 Å². The molecular weight excluding hydrogens is 209 g/mol. The van der Waals surface area contributed by atoms with Gasteiger partial charge >= 0.3 is 5.97 Å². The normalized spacial score (nSPS) is 11.3. The molecule has 1 aromatic rings. The van der Waals surface area contributed by atoms with E-state index < -0.39 is 5.97 Å². The molecule has 0 heterocycles. The minimum atomic E-state index is -0.937. The Morgan fingerprint density at radius 2 is 2.25 bits per heavy atom. The third kappa shape index (κ3) is 3.38. The Balaban J connectivity index is 2.69. The van der Waals surface area contributed by atoms with Crippen LogP contribution in [0, 0.1) is 5.82 Å². The predicted octanol–water partition coefficient (Wildman–Crippen LogP) is 2.29. The topological polar surface area (TPSA) is 40.5 Å². The van der Waals surface area contributed by atoms with Gasteiger partial charge in [-0.15, -0.1) is 0 Å². The van der Waals surface area contributed by atoms with Gasteiger partial charge in [-0.3, -0.25) is 0 Å². The average molecular weight is 223 g/mol. The zero-order valence-corrected chi connectivity index (χ0v) is 9.27. The molecule has 0 fully saturated rings. The summed E-state index contributed by atoms with van der Waals surface area (Å²) in [6.07, 6.45) is 1.59. The predicted molar refractivity (Wildman–Crippen MR) is 61.1 cm³/mol. The summed E-state index contributed by atoms with van der Waals surface area (Å²) in [6, 6.07) is 6.17. The van der Waals surface area contributed by atoms with Gasteiger partial charge in [0, 0.05) is 24.9 Å². The first-order chi connectivity index (χ1) is 7.50. The number of rotatable bonds is 4. The maximum absolute atomic E-state index is 12.9. The summed E-state index contributed by atoms with van der Waals surface area (Å²) in [5.74, 6) is -1.24. The number of benzene rings is 1. The monoisotopic (exact) mass is 223 g/mol. The van der Waals surface area contributed by atoms with Gasteiger partial charge in [-0.2, -0.15) is 0 Å². The number of carbonyl (C=O) groups is 1. The van der Waals surface area contributed by atoms with Crippen molar-refractivity contribution in [2.24, 2.45) is 0 Å². The van der Waals surface area contributed by atoms with Crippen LogP contribution < -0.4 is 4.90 Å². The van der Waals surface area contributed by atoms with Crippen LogP contribution >= 0.6 is 0 Å². The number of hydrogen-bond acceptors (Lipinski definition) is 2. The first-order valence-electron chi connectivity index (χ1n) is 4.87. The van der Waals surface area contributed by atoms with E-state index in [1.54, 1.807) is 30.2 Å². The van der Waals surface area contributed by atoms with Crippen molar-refractivity contribution in [3.05, 3.63) is 41.7 Å². The number of halogens is 1. The van der Waals surface area contributed by atoms with Crippen molar-refractivity contribution in [1.29, 1.82) is 0 Å². The van der Waals surface area contributed by atoms with Gasteiger partial charge in [-0.25, -0.2) is 9.18 Å². The van der Waals surface area contributed by atoms with E-state index >= 15 is 0 Å². The fourth-order valence-electron chi connectivity index (χ4n) is 1.18. The lowest BCUT2D eigenvalue weighted by molar-refractivity contribution is -0.132. The molecule has 0 aliphatic carbocycles. The standard InChI is InChI=1S/C12H14FNO2/c1-9(12(15)16)6-7-14(2)11-5-3-4-10(13)8-11/h3-6,8H,7H2,1-2H3,(H,15,16). The Hall–Kier alpha value is -1.84. The average Bonchev–Trinajstić information content (AvgIpc) is 2.25. The van der Waals surface area contributed by atoms with Gasteiger partial charge in [-0.05, 0) is 25.1 Å². The fourth-order valence-corrected chi connectivity index (χ4v) is 1.18.